The van der Waals surface area contributed by atoms with E-state index in [9.17, 15) is 4.79 Å². The second kappa shape index (κ2) is 4.28. The molecule has 0 aliphatic carbocycles. The number of rotatable bonds is 2. The SMILES string of the molecule is COC(=O)c1cc(/C=C/Br)oc1C. The monoisotopic (exact) mass is 244 g/mol. The van der Waals surface area contributed by atoms with E-state index in [4.69, 9.17) is 4.42 Å². The quantitative estimate of drug-likeness (QED) is 0.752. The van der Waals surface area contributed by atoms with Crippen LogP contribution >= 0.6 is 15.9 Å². The zero-order valence-corrected chi connectivity index (χ0v) is 8.92. The highest BCUT2D eigenvalue weighted by Gasteiger charge is 2.13. The maximum Gasteiger partial charge on any atom is 0.341 e. The highest BCUT2D eigenvalue weighted by Crippen LogP contribution is 2.17. The molecule has 0 aromatic carbocycles. The van der Waals surface area contributed by atoms with Gasteiger partial charge in [-0.1, -0.05) is 15.9 Å². The maximum atomic E-state index is 11.1. The summed E-state index contributed by atoms with van der Waals surface area (Å²) in [6.45, 7) is 1.72. The van der Waals surface area contributed by atoms with E-state index < -0.39 is 0 Å². The molecular formula is C9H9BrO3. The number of esters is 1. The molecular weight excluding hydrogens is 236 g/mol. The van der Waals surface area contributed by atoms with Crippen LogP contribution in [0.3, 0.4) is 0 Å². The van der Waals surface area contributed by atoms with Crippen molar-refractivity contribution in [2.45, 2.75) is 6.92 Å². The lowest BCUT2D eigenvalue weighted by atomic mass is 10.2. The molecule has 0 aliphatic heterocycles. The first-order valence-electron chi connectivity index (χ1n) is 3.64. The van der Waals surface area contributed by atoms with Crippen LogP contribution in [-0.2, 0) is 4.74 Å². The van der Waals surface area contributed by atoms with E-state index in [0.717, 1.165) is 0 Å². The Balaban J connectivity index is 3.02. The van der Waals surface area contributed by atoms with Crippen molar-refractivity contribution < 1.29 is 13.9 Å². The fourth-order valence-corrected chi connectivity index (χ4v) is 1.22. The Morgan fingerprint density at radius 1 is 1.69 bits per heavy atom. The lowest BCUT2D eigenvalue weighted by Gasteiger charge is -1.93. The molecule has 0 amide bonds. The van der Waals surface area contributed by atoms with Crippen LogP contribution in [0.5, 0.6) is 0 Å². The van der Waals surface area contributed by atoms with Crippen molar-refractivity contribution >= 4 is 28.0 Å². The van der Waals surface area contributed by atoms with Crippen molar-refractivity contribution in [3.05, 3.63) is 28.1 Å². The van der Waals surface area contributed by atoms with Crippen LogP contribution in [-0.4, -0.2) is 13.1 Å². The van der Waals surface area contributed by atoms with Crippen LogP contribution in [0.25, 0.3) is 6.08 Å². The number of hydrogen-bond acceptors (Lipinski definition) is 3. The van der Waals surface area contributed by atoms with Crippen LogP contribution < -0.4 is 0 Å². The second-order valence-electron chi connectivity index (χ2n) is 2.40. The Morgan fingerprint density at radius 2 is 2.38 bits per heavy atom. The Labute approximate surface area is 84.5 Å². The lowest BCUT2D eigenvalue weighted by molar-refractivity contribution is 0.0599. The molecule has 0 fully saturated rings. The van der Waals surface area contributed by atoms with Gasteiger partial charge in [0.15, 0.2) is 0 Å². The molecule has 0 aliphatic rings. The molecule has 1 rings (SSSR count). The molecule has 1 aromatic heterocycles. The summed E-state index contributed by atoms with van der Waals surface area (Å²) < 4.78 is 9.83. The first-order valence-corrected chi connectivity index (χ1v) is 4.56. The lowest BCUT2D eigenvalue weighted by Crippen LogP contribution is -2.00. The third-order valence-electron chi connectivity index (χ3n) is 1.57. The molecule has 0 N–H and O–H groups in total. The maximum absolute atomic E-state index is 11.1. The summed E-state index contributed by atoms with van der Waals surface area (Å²) in [5.74, 6) is 0.803. The minimum absolute atomic E-state index is 0.379. The molecule has 3 nitrogen and oxygen atoms in total. The van der Waals surface area contributed by atoms with Gasteiger partial charge in [0.05, 0.1) is 7.11 Å². The molecule has 0 spiro atoms. The summed E-state index contributed by atoms with van der Waals surface area (Å²) in [5, 5.41) is 0. The van der Waals surface area contributed by atoms with E-state index in [2.05, 4.69) is 20.7 Å². The molecule has 0 bridgehead atoms. The van der Waals surface area contributed by atoms with Crippen LogP contribution in [0.1, 0.15) is 21.9 Å². The molecule has 0 atom stereocenters. The third kappa shape index (κ3) is 2.21. The normalized spacial score (nSPS) is 10.7. The predicted molar refractivity (Wildman–Crippen MR) is 52.7 cm³/mol. The van der Waals surface area contributed by atoms with Gasteiger partial charge in [0.25, 0.3) is 0 Å². The highest BCUT2D eigenvalue weighted by atomic mass is 79.9. The topological polar surface area (TPSA) is 39.4 Å². The largest absolute Gasteiger partial charge is 0.465 e. The Hall–Kier alpha value is -1.03. The smallest absolute Gasteiger partial charge is 0.341 e. The van der Waals surface area contributed by atoms with Gasteiger partial charge >= 0.3 is 5.97 Å². The number of halogens is 1. The van der Waals surface area contributed by atoms with Crippen molar-refractivity contribution in [3.8, 4) is 0 Å². The van der Waals surface area contributed by atoms with Crippen molar-refractivity contribution in [1.82, 2.24) is 0 Å². The van der Waals surface area contributed by atoms with Gasteiger partial charge in [-0.15, -0.1) is 0 Å². The molecule has 13 heavy (non-hydrogen) atoms. The zero-order chi connectivity index (χ0) is 9.84. The molecule has 0 saturated heterocycles. The van der Waals surface area contributed by atoms with Crippen LogP contribution in [0, 0.1) is 6.92 Å². The number of furan rings is 1. The van der Waals surface area contributed by atoms with Crippen molar-refractivity contribution in [3.63, 3.8) is 0 Å². The van der Waals surface area contributed by atoms with E-state index >= 15 is 0 Å². The standard InChI is InChI=1S/C9H9BrO3/c1-6-8(9(11)12-2)5-7(13-6)3-4-10/h3-5H,1-2H3/b4-3+. The van der Waals surface area contributed by atoms with Crippen molar-refractivity contribution in [1.29, 1.82) is 0 Å². The molecule has 0 saturated carbocycles. The fraction of sp³-hybridized carbons (Fsp3) is 0.222. The van der Waals surface area contributed by atoms with Gasteiger partial charge in [0, 0.05) is 0 Å². The molecule has 1 aromatic rings. The molecule has 70 valence electrons. The number of methoxy groups -OCH3 is 1. The minimum Gasteiger partial charge on any atom is -0.465 e. The summed E-state index contributed by atoms with van der Waals surface area (Å²) in [4.78, 5) is 12.8. The summed E-state index contributed by atoms with van der Waals surface area (Å²) >= 11 is 3.12. The number of ether oxygens (including phenoxy) is 1. The average Bonchev–Trinajstić information content (AvgIpc) is 2.46. The molecule has 4 heteroatoms. The first kappa shape index (κ1) is 10.1. The van der Waals surface area contributed by atoms with Gasteiger partial charge in [-0.2, -0.15) is 0 Å². The highest BCUT2D eigenvalue weighted by molar-refractivity contribution is 9.11. The summed E-state index contributed by atoms with van der Waals surface area (Å²) in [6.07, 6.45) is 1.71. The molecule has 1 heterocycles. The number of carbonyl (C=O) groups excluding carboxylic acids is 1. The first-order chi connectivity index (χ1) is 6.19. The van der Waals surface area contributed by atoms with E-state index in [1.54, 1.807) is 24.1 Å². The van der Waals surface area contributed by atoms with Gasteiger partial charge in [0.2, 0.25) is 0 Å². The fourth-order valence-electron chi connectivity index (χ4n) is 0.962. The second-order valence-corrected chi connectivity index (χ2v) is 2.93. The summed E-state index contributed by atoms with van der Waals surface area (Å²) in [5.41, 5.74) is 0.461. The van der Waals surface area contributed by atoms with Crippen molar-refractivity contribution in [2.24, 2.45) is 0 Å². The van der Waals surface area contributed by atoms with E-state index in [-0.39, 0.29) is 5.97 Å². The predicted octanol–water partition coefficient (Wildman–Crippen LogP) is 2.74. The van der Waals surface area contributed by atoms with Crippen LogP contribution in [0.4, 0.5) is 0 Å². The van der Waals surface area contributed by atoms with Gasteiger partial charge in [0.1, 0.15) is 17.1 Å². The Bertz CT molecular complexity index is 339. The minimum atomic E-state index is -0.379. The summed E-state index contributed by atoms with van der Waals surface area (Å²) in [6, 6.07) is 1.64. The van der Waals surface area contributed by atoms with Crippen molar-refractivity contribution in [2.75, 3.05) is 7.11 Å². The zero-order valence-electron chi connectivity index (χ0n) is 7.33. The number of carbonyl (C=O) groups is 1. The number of aryl methyl sites for hydroxylation is 1. The average molecular weight is 245 g/mol. The summed E-state index contributed by atoms with van der Waals surface area (Å²) in [7, 11) is 1.34. The van der Waals surface area contributed by atoms with E-state index in [1.807, 2.05) is 0 Å². The van der Waals surface area contributed by atoms with E-state index in [0.29, 0.717) is 17.1 Å². The Morgan fingerprint density at radius 3 is 2.92 bits per heavy atom. The van der Waals surface area contributed by atoms with Crippen LogP contribution in [0.2, 0.25) is 0 Å². The van der Waals surface area contributed by atoms with Crippen LogP contribution in [0.15, 0.2) is 15.5 Å². The third-order valence-corrected chi connectivity index (χ3v) is 1.83. The van der Waals surface area contributed by atoms with Gasteiger partial charge in [-0.3, -0.25) is 0 Å². The van der Waals surface area contributed by atoms with Gasteiger partial charge < -0.3 is 9.15 Å². The Kier molecular flexibility index (Phi) is 3.31. The molecule has 0 radical (unpaired) electrons. The van der Waals surface area contributed by atoms with Gasteiger partial charge in [-0.05, 0) is 24.1 Å². The van der Waals surface area contributed by atoms with E-state index in [1.165, 1.54) is 7.11 Å². The molecule has 0 unspecified atom stereocenters. The van der Waals surface area contributed by atoms with Gasteiger partial charge in [-0.25, -0.2) is 4.79 Å². The number of hydrogen-bond donors (Lipinski definition) is 0.